The number of hydrogen-bond donors (Lipinski definition) is 1. The quantitative estimate of drug-likeness (QED) is 0.837. The Morgan fingerprint density at radius 3 is 2.67 bits per heavy atom. The number of anilines is 1. The fourth-order valence-electron chi connectivity index (χ4n) is 1.77. The summed E-state index contributed by atoms with van der Waals surface area (Å²) < 4.78 is 6.88. The van der Waals surface area contributed by atoms with Crippen molar-refractivity contribution < 1.29 is 9.53 Å². The van der Waals surface area contributed by atoms with E-state index < -0.39 is 0 Å². The Morgan fingerprint density at radius 2 is 2.06 bits per heavy atom. The molecular weight excluding hydrogens is 228 g/mol. The van der Waals surface area contributed by atoms with Gasteiger partial charge in [-0.15, -0.1) is 0 Å². The summed E-state index contributed by atoms with van der Waals surface area (Å²) in [6.45, 7) is 0.369. The highest BCUT2D eigenvalue weighted by Gasteiger charge is 2.11. The molecule has 0 spiro atoms. The second-order valence-corrected chi connectivity index (χ2v) is 4.14. The summed E-state index contributed by atoms with van der Waals surface area (Å²) >= 11 is 0. The van der Waals surface area contributed by atoms with E-state index >= 15 is 0 Å². The Bertz CT molecular complexity index is 532. The Morgan fingerprint density at radius 1 is 1.33 bits per heavy atom. The number of carbonyl (C=O) groups is 1. The maximum absolute atomic E-state index is 11.8. The van der Waals surface area contributed by atoms with E-state index in [0.717, 1.165) is 5.56 Å². The van der Waals surface area contributed by atoms with Crippen molar-refractivity contribution in [3.8, 4) is 0 Å². The van der Waals surface area contributed by atoms with Crippen LogP contribution in [0.5, 0.6) is 0 Å². The smallest absolute Gasteiger partial charge is 0.355 e. The molecule has 94 valence electrons. The third kappa shape index (κ3) is 2.91. The number of nitrogens with two attached hydrogens (primary N) is 1. The maximum Gasteiger partial charge on any atom is 0.355 e. The van der Waals surface area contributed by atoms with Crippen LogP contribution in [-0.2, 0) is 18.2 Å². The first-order chi connectivity index (χ1) is 8.66. The van der Waals surface area contributed by atoms with E-state index in [1.54, 1.807) is 23.9 Å². The first-order valence-corrected chi connectivity index (χ1v) is 5.79. The van der Waals surface area contributed by atoms with Gasteiger partial charge in [-0.2, -0.15) is 0 Å². The summed E-state index contributed by atoms with van der Waals surface area (Å²) in [5, 5.41) is 0. The number of ether oxygens (including phenoxy) is 1. The zero-order valence-corrected chi connectivity index (χ0v) is 10.3. The Balaban J connectivity index is 1.87. The molecule has 2 aromatic rings. The van der Waals surface area contributed by atoms with Crippen molar-refractivity contribution in [3.63, 3.8) is 0 Å². The fourth-order valence-corrected chi connectivity index (χ4v) is 1.77. The van der Waals surface area contributed by atoms with Gasteiger partial charge in [0, 0.05) is 19.7 Å². The highest BCUT2D eigenvalue weighted by Crippen LogP contribution is 2.10. The summed E-state index contributed by atoms with van der Waals surface area (Å²) in [6, 6.07) is 11.5. The molecule has 0 bridgehead atoms. The van der Waals surface area contributed by atoms with Crippen LogP contribution in [0.25, 0.3) is 0 Å². The molecule has 18 heavy (non-hydrogen) atoms. The molecule has 0 unspecified atom stereocenters. The summed E-state index contributed by atoms with van der Waals surface area (Å²) in [4.78, 5) is 11.8. The number of aryl methyl sites for hydroxylation is 1. The lowest BCUT2D eigenvalue weighted by Gasteiger charge is -2.05. The van der Waals surface area contributed by atoms with Crippen molar-refractivity contribution >= 4 is 11.7 Å². The number of hydrogen-bond acceptors (Lipinski definition) is 3. The van der Waals surface area contributed by atoms with E-state index in [1.807, 2.05) is 30.3 Å². The number of nitrogen functional groups attached to an aromatic ring is 1. The first-order valence-electron chi connectivity index (χ1n) is 5.79. The standard InChI is InChI=1S/C14H16N2O2/c1-16-10-12(15)9-13(16)14(17)18-8-7-11-5-3-2-4-6-11/h2-6,9-10H,7-8,15H2,1H3. The predicted molar refractivity (Wildman–Crippen MR) is 70.3 cm³/mol. The van der Waals surface area contributed by atoms with Crippen LogP contribution in [0.1, 0.15) is 16.1 Å². The largest absolute Gasteiger partial charge is 0.461 e. The maximum atomic E-state index is 11.8. The molecule has 4 heteroatoms. The molecule has 0 fully saturated rings. The molecule has 0 atom stereocenters. The SMILES string of the molecule is Cn1cc(N)cc1C(=O)OCCc1ccccc1. The zero-order valence-electron chi connectivity index (χ0n) is 10.3. The molecule has 2 N–H and O–H groups in total. The van der Waals surface area contributed by atoms with E-state index in [0.29, 0.717) is 24.4 Å². The average molecular weight is 244 g/mol. The van der Waals surface area contributed by atoms with Crippen LogP contribution in [0.4, 0.5) is 5.69 Å². The molecule has 1 heterocycles. The van der Waals surface area contributed by atoms with Gasteiger partial charge in [0.05, 0.1) is 12.3 Å². The van der Waals surface area contributed by atoms with E-state index in [-0.39, 0.29) is 5.97 Å². The van der Waals surface area contributed by atoms with Gasteiger partial charge in [0.2, 0.25) is 0 Å². The van der Waals surface area contributed by atoms with Gasteiger partial charge in [0.15, 0.2) is 0 Å². The molecule has 0 aliphatic heterocycles. The molecule has 0 radical (unpaired) electrons. The molecule has 4 nitrogen and oxygen atoms in total. The highest BCUT2D eigenvalue weighted by molar-refractivity contribution is 5.89. The summed E-state index contributed by atoms with van der Waals surface area (Å²) in [5.41, 5.74) is 7.79. The molecule has 1 aromatic carbocycles. The lowest BCUT2D eigenvalue weighted by Crippen LogP contribution is -2.11. The third-order valence-corrected chi connectivity index (χ3v) is 2.70. The van der Waals surface area contributed by atoms with Gasteiger partial charge in [-0.25, -0.2) is 4.79 Å². The van der Waals surface area contributed by atoms with Crippen LogP contribution >= 0.6 is 0 Å². The van der Waals surface area contributed by atoms with Crippen molar-refractivity contribution in [2.24, 2.45) is 7.05 Å². The molecule has 0 saturated heterocycles. The van der Waals surface area contributed by atoms with E-state index in [9.17, 15) is 4.79 Å². The van der Waals surface area contributed by atoms with Gasteiger partial charge in [-0.1, -0.05) is 30.3 Å². The van der Waals surface area contributed by atoms with Crippen molar-refractivity contribution in [2.45, 2.75) is 6.42 Å². The zero-order chi connectivity index (χ0) is 13.0. The minimum atomic E-state index is -0.342. The fraction of sp³-hybridized carbons (Fsp3) is 0.214. The van der Waals surface area contributed by atoms with Crippen LogP contribution < -0.4 is 5.73 Å². The van der Waals surface area contributed by atoms with E-state index in [4.69, 9.17) is 10.5 Å². The number of aromatic nitrogens is 1. The van der Waals surface area contributed by atoms with Crippen LogP contribution in [0, 0.1) is 0 Å². The molecule has 2 rings (SSSR count). The summed E-state index contributed by atoms with van der Waals surface area (Å²) in [5.74, 6) is -0.342. The van der Waals surface area contributed by atoms with Gasteiger partial charge < -0.3 is 15.0 Å². The van der Waals surface area contributed by atoms with Crippen LogP contribution in [0.2, 0.25) is 0 Å². The minimum Gasteiger partial charge on any atom is -0.461 e. The first kappa shape index (κ1) is 12.2. The Hall–Kier alpha value is -2.23. The van der Waals surface area contributed by atoms with Crippen molar-refractivity contribution in [1.82, 2.24) is 4.57 Å². The lowest BCUT2D eigenvalue weighted by molar-refractivity contribution is 0.0498. The second kappa shape index (κ2) is 5.40. The number of nitrogens with zero attached hydrogens (tertiary/aromatic N) is 1. The number of rotatable bonds is 4. The third-order valence-electron chi connectivity index (χ3n) is 2.70. The van der Waals surface area contributed by atoms with Crippen LogP contribution in [0.3, 0.4) is 0 Å². The van der Waals surface area contributed by atoms with Gasteiger partial charge in [0.1, 0.15) is 5.69 Å². The Kier molecular flexibility index (Phi) is 3.67. The highest BCUT2D eigenvalue weighted by atomic mass is 16.5. The predicted octanol–water partition coefficient (Wildman–Crippen LogP) is 2.01. The number of carbonyl (C=O) groups excluding carboxylic acids is 1. The normalized spacial score (nSPS) is 10.3. The number of esters is 1. The number of benzene rings is 1. The monoisotopic (exact) mass is 244 g/mol. The van der Waals surface area contributed by atoms with E-state index in [1.165, 1.54) is 0 Å². The molecule has 0 saturated carbocycles. The minimum absolute atomic E-state index is 0.342. The lowest BCUT2D eigenvalue weighted by atomic mass is 10.2. The topological polar surface area (TPSA) is 57.2 Å². The molecule has 1 aromatic heterocycles. The average Bonchev–Trinajstić information content (AvgIpc) is 2.70. The van der Waals surface area contributed by atoms with Gasteiger partial charge >= 0.3 is 5.97 Å². The van der Waals surface area contributed by atoms with Crippen molar-refractivity contribution in [2.75, 3.05) is 12.3 Å². The van der Waals surface area contributed by atoms with Crippen molar-refractivity contribution in [1.29, 1.82) is 0 Å². The Labute approximate surface area is 106 Å². The van der Waals surface area contributed by atoms with E-state index in [2.05, 4.69) is 0 Å². The van der Waals surface area contributed by atoms with Crippen LogP contribution in [0.15, 0.2) is 42.6 Å². The summed E-state index contributed by atoms with van der Waals surface area (Å²) in [6.07, 6.45) is 2.40. The van der Waals surface area contributed by atoms with Gasteiger partial charge in [-0.05, 0) is 11.6 Å². The van der Waals surface area contributed by atoms with Crippen LogP contribution in [-0.4, -0.2) is 17.1 Å². The molecule has 0 amide bonds. The summed E-state index contributed by atoms with van der Waals surface area (Å²) in [7, 11) is 1.77. The second-order valence-electron chi connectivity index (χ2n) is 4.14. The molecular formula is C14H16N2O2. The van der Waals surface area contributed by atoms with Crippen molar-refractivity contribution in [3.05, 3.63) is 53.9 Å². The molecule has 0 aliphatic carbocycles. The van der Waals surface area contributed by atoms with Gasteiger partial charge in [-0.3, -0.25) is 0 Å². The molecule has 0 aliphatic rings. The van der Waals surface area contributed by atoms with Gasteiger partial charge in [0.25, 0.3) is 0 Å².